The van der Waals surface area contributed by atoms with Crippen LogP contribution in [-0.4, -0.2) is 25.7 Å². The lowest BCUT2D eigenvalue weighted by atomic mass is 10.1. The minimum Gasteiger partial charge on any atom is -0.507 e. The summed E-state index contributed by atoms with van der Waals surface area (Å²) in [7, 11) is 0. The van der Waals surface area contributed by atoms with Crippen LogP contribution in [-0.2, 0) is 6.54 Å². The van der Waals surface area contributed by atoms with E-state index in [1.807, 2.05) is 35.0 Å². The molecule has 0 atom stereocenters. The zero-order valence-electron chi connectivity index (χ0n) is 13.8. The maximum absolute atomic E-state index is 11.7. The summed E-state index contributed by atoms with van der Waals surface area (Å²) in [6.07, 6.45) is 10.8. The monoisotopic (exact) mass is 384 g/mol. The summed E-state index contributed by atoms with van der Waals surface area (Å²) in [5.41, 5.74) is 1.09. The van der Waals surface area contributed by atoms with Crippen molar-refractivity contribution in [3.05, 3.63) is 70.2 Å². The third-order valence-corrected chi connectivity index (χ3v) is 6.62. The van der Waals surface area contributed by atoms with Gasteiger partial charge < -0.3 is 14.8 Å². The van der Waals surface area contributed by atoms with Gasteiger partial charge in [0.2, 0.25) is 0 Å². The normalized spacial score (nSPS) is 14.3. The number of aliphatic hydroxyl groups is 1. The van der Waals surface area contributed by atoms with Crippen LogP contribution in [0.4, 0.5) is 0 Å². The molecule has 0 aliphatic heterocycles. The zero-order valence-corrected chi connectivity index (χ0v) is 15.4. The number of aromatic carboxylic acids is 1. The maximum atomic E-state index is 11.7. The molecule has 0 bridgehead atoms. The molecule has 0 saturated carbocycles. The standard InChI is InChI=1S/C19H16N2O3S2/c22-14-3-1-2-4-15(14)25-17-13-6-5-12(10-21-8-7-20-11-21)9-16(13)26-18(17)19(23)24/h3-9,11,22H,1-2,10H2,(H,23,24). The van der Waals surface area contributed by atoms with Crippen LogP contribution in [0.15, 0.2) is 64.6 Å². The highest BCUT2D eigenvalue weighted by Crippen LogP contribution is 2.44. The van der Waals surface area contributed by atoms with Gasteiger partial charge in [-0.25, -0.2) is 9.78 Å². The number of carbonyl (C=O) groups is 1. The van der Waals surface area contributed by atoms with Gasteiger partial charge in [0.05, 0.1) is 6.33 Å². The van der Waals surface area contributed by atoms with Crippen LogP contribution >= 0.6 is 23.1 Å². The van der Waals surface area contributed by atoms with Crippen molar-refractivity contribution < 1.29 is 15.0 Å². The first-order chi connectivity index (χ1) is 12.6. The molecule has 0 spiro atoms. The van der Waals surface area contributed by atoms with E-state index in [2.05, 4.69) is 4.98 Å². The van der Waals surface area contributed by atoms with E-state index >= 15 is 0 Å². The van der Waals surface area contributed by atoms with Crippen molar-refractivity contribution >= 4 is 39.2 Å². The molecule has 26 heavy (non-hydrogen) atoms. The summed E-state index contributed by atoms with van der Waals surface area (Å²) >= 11 is 2.61. The second-order valence-corrected chi connectivity index (χ2v) is 8.07. The third kappa shape index (κ3) is 3.27. The van der Waals surface area contributed by atoms with Crippen molar-refractivity contribution in [2.24, 2.45) is 0 Å². The first-order valence-corrected chi connectivity index (χ1v) is 9.77. The van der Waals surface area contributed by atoms with Crippen molar-refractivity contribution in [1.82, 2.24) is 9.55 Å². The Kier molecular flexibility index (Phi) is 4.57. The van der Waals surface area contributed by atoms with Crippen LogP contribution in [0.3, 0.4) is 0 Å². The zero-order chi connectivity index (χ0) is 18.1. The van der Waals surface area contributed by atoms with E-state index in [-0.39, 0.29) is 5.76 Å². The molecule has 0 unspecified atom stereocenters. The number of aromatic nitrogens is 2. The third-order valence-electron chi connectivity index (χ3n) is 4.13. The highest BCUT2D eigenvalue weighted by Gasteiger charge is 2.21. The van der Waals surface area contributed by atoms with Gasteiger partial charge in [0.1, 0.15) is 10.6 Å². The number of nitrogens with zero attached hydrogens (tertiary/aromatic N) is 2. The highest BCUT2D eigenvalue weighted by molar-refractivity contribution is 8.03. The van der Waals surface area contributed by atoms with E-state index in [1.54, 1.807) is 18.6 Å². The van der Waals surface area contributed by atoms with Crippen molar-refractivity contribution in [3.8, 4) is 0 Å². The predicted octanol–water partition coefficient (Wildman–Crippen LogP) is 5.06. The Morgan fingerprint density at radius 2 is 2.15 bits per heavy atom. The summed E-state index contributed by atoms with van der Waals surface area (Å²) in [5, 5.41) is 20.6. The van der Waals surface area contributed by atoms with E-state index in [0.717, 1.165) is 33.4 Å². The summed E-state index contributed by atoms with van der Waals surface area (Å²) in [4.78, 5) is 17.5. The molecule has 0 fully saturated rings. The number of carboxylic acids is 1. The van der Waals surface area contributed by atoms with Crippen LogP contribution in [0.25, 0.3) is 10.1 Å². The predicted molar refractivity (Wildman–Crippen MR) is 104 cm³/mol. The number of hydrogen-bond donors (Lipinski definition) is 2. The van der Waals surface area contributed by atoms with E-state index in [0.29, 0.717) is 16.3 Å². The van der Waals surface area contributed by atoms with Gasteiger partial charge in [-0.2, -0.15) is 0 Å². The smallest absolute Gasteiger partial charge is 0.347 e. The highest BCUT2D eigenvalue weighted by atomic mass is 32.2. The van der Waals surface area contributed by atoms with Crippen LogP contribution < -0.4 is 0 Å². The SMILES string of the molecule is O=C(O)c1sc2cc(Cn3ccnc3)ccc2c1SC1=CCCC=C1O. The fraction of sp³-hybridized carbons (Fsp3) is 0.158. The van der Waals surface area contributed by atoms with Crippen molar-refractivity contribution in [3.63, 3.8) is 0 Å². The number of aliphatic hydroxyl groups excluding tert-OH is 1. The lowest BCUT2D eigenvalue weighted by molar-refractivity contribution is 0.0699. The molecule has 2 heterocycles. The minimum atomic E-state index is -0.940. The first kappa shape index (κ1) is 16.9. The number of allylic oxidation sites excluding steroid dienone is 2. The Hall–Kier alpha value is -2.51. The number of thioether (sulfide) groups is 1. The van der Waals surface area contributed by atoms with Crippen LogP contribution in [0.5, 0.6) is 0 Å². The van der Waals surface area contributed by atoms with E-state index in [1.165, 1.54) is 23.1 Å². The van der Waals surface area contributed by atoms with Crippen molar-refractivity contribution in [2.75, 3.05) is 0 Å². The van der Waals surface area contributed by atoms with Gasteiger partial charge in [-0.3, -0.25) is 0 Å². The number of imidazole rings is 1. The second kappa shape index (κ2) is 7.01. The molecule has 7 heteroatoms. The van der Waals surface area contributed by atoms with E-state index < -0.39 is 5.97 Å². The molecule has 0 saturated heterocycles. The Balaban J connectivity index is 1.73. The average molecular weight is 384 g/mol. The van der Waals surface area contributed by atoms with E-state index in [9.17, 15) is 15.0 Å². The summed E-state index contributed by atoms with van der Waals surface area (Å²) in [6.45, 7) is 0.688. The van der Waals surface area contributed by atoms with Gasteiger partial charge in [-0.05, 0) is 30.5 Å². The molecule has 2 N–H and O–H groups in total. The van der Waals surface area contributed by atoms with Crippen molar-refractivity contribution in [1.29, 1.82) is 0 Å². The van der Waals surface area contributed by atoms with Gasteiger partial charge in [0.25, 0.3) is 0 Å². The fourth-order valence-electron chi connectivity index (χ4n) is 2.89. The Bertz CT molecular complexity index is 1030. The molecular formula is C19H16N2O3S2. The van der Waals surface area contributed by atoms with Gasteiger partial charge in [0.15, 0.2) is 0 Å². The Morgan fingerprint density at radius 1 is 1.31 bits per heavy atom. The topological polar surface area (TPSA) is 75.3 Å². The molecule has 5 nitrogen and oxygen atoms in total. The van der Waals surface area contributed by atoms with Gasteiger partial charge in [0, 0.05) is 38.8 Å². The van der Waals surface area contributed by atoms with Crippen LogP contribution in [0.2, 0.25) is 0 Å². The molecule has 132 valence electrons. The van der Waals surface area contributed by atoms with E-state index in [4.69, 9.17) is 0 Å². The number of fused-ring (bicyclic) bond motifs is 1. The summed E-state index contributed by atoms with van der Waals surface area (Å²) in [6, 6.07) is 6.01. The van der Waals surface area contributed by atoms with Gasteiger partial charge in [-0.15, -0.1) is 11.3 Å². The van der Waals surface area contributed by atoms with Crippen LogP contribution in [0, 0.1) is 0 Å². The molecule has 1 aliphatic rings. The largest absolute Gasteiger partial charge is 0.507 e. The van der Waals surface area contributed by atoms with Crippen LogP contribution in [0.1, 0.15) is 28.1 Å². The molecule has 4 rings (SSSR count). The van der Waals surface area contributed by atoms with Gasteiger partial charge >= 0.3 is 5.97 Å². The lowest BCUT2D eigenvalue weighted by Crippen LogP contribution is -1.96. The molecule has 1 aromatic carbocycles. The quantitative estimate of drug-likeness (QED) is 0.643. The maximum Gasteiger partial charge on any atom is 0.347 e. The first-order valence-electron chi connectivity index (χ1n) is 8.14. The Labute approximate surface area is 158 Å². The van der Waals surface area contributed by atoms with Crippen molar-refractivity contribution in [2.45, 2.75) is 24.3 Å². The minimum absolute atomic E-state index is 0.230. The Morgan fingerprint density at radius 3 is 2.88 bits per heavy atom. The fourth-order valence-corrected chi connectivity index (χ4v) is 5.28. The second-order valence-electron chi connectivity index (χ2n) is 5.97. The lowest BCUT2D eigenvalue weighted by Gasteiger charge is -2.11. The molecule has 0 amide bonds. The number of benzene rings is 1. The molecule has 2 aromatic heterocycles. The van der Waals surface area contributed by atoms with Gasteiger partial charge in [-0.1, -0.05) is 30.0 Å². The molecular weight excluding hydrogens is 368 g/mol. The summed E-state index contributed by atoms with van der Waals surface area (Å²) < 4.78 is 2.90. The summed E-state index contributed by atoms with van der Waals surface area (Å²) in [5.74, 6) is -0.710. The molecule has 1 aliphatic carbocycles. The molecule has 0 radical (unpaired) electrons. The molecule has 3 aromatic rings. The number of rotatable bonds is 5. The number of thiophene rings is 1. The average Bonchev–Trinajstić information content (AvgIpc) is 3.25. The number of hydrogen-bond acceptors (Lipinski definition) is 5. The number of carboxylic acid groups (broad SMARTS) is 1.